The summed E-state index contributed by atoms with van der Waals surface area (Å²) in [5, 5.41) is 15.2. The van der Waals surface area contributed by atoms with Gasteiger partial charge in [0.2, 0.25) is 16.9 Å². The van der Waals surface area contributed by atoms with E-state index in [1.54, 1.807) is 13.1 Å². The summed E-state index contributed by atoms with van der Waals surface area (Å²) in [6.07, 6.45) is 2.01. The van der Waals surface area contributed by atoms with Crippen molar-refractivity contribution in [3.05, 3.63) is 34.8 Å². The average molecular weight is 388 g/mol. The summed E-state index contributed by atoms with van der Waals surface area (Å²) in [5.74, 6) is -0.436. The fraction of sp³-hybridized carbons (Fsp3) is 0.389. The zero-order chi connectivity index (χ0) is 19.6. The van der Waals surface area contributed by atoms with Gasteiger partial charge in [0.05, 0.1) is 12.6 Å². The molecule has 2 amide bonds. The Morgan fingerprint density at radius 1 is 1.11 bits per heavy atom. The highest BCUT2D eigenvalue weighted by Gasteiger charge is 2.10. The maximum absolute atomic E-state index is 11.9. The molecule has 0 saturated carbocycles. The van der Waals surface area contributed by atoms with Crippen molar-refractivity contribution >= 4 is 40.2 Å². The molecule has 27 heavy (non-hydrogen) atoms. The molecular weight excluding hydrogens is 364 g/mol. The number of benzene rings is 1. The second-order valence-electron chi connectivity index (χ2n) is 5.64. The van der Waals surface area contributed by atoms with Gasteiger partial charge in [-0.3, -0.25) is 9.59 Å². The van der Waals surface area contributed by atoms with Crippen molar-refractivity contribution in [3.63, 3.8) is 0 Å². The zero-order valence-electron chi connectivity index (χ0n) is 15.7. The Balaban J connectivity index is 1.83. The molecule has 8 nitrogen and oxygen atoms in total. The van der Waals surface area contributed by atoms with E-state index in [4.69, 9.17) is 0 Å². The van der Waals surface area contributed by atoms with E-state index in [9.17, 15) is 9.59 Å². The van der Waals surface area contributed by atoms with Crippen molar-refractivity contribution in [2.75, 3.05) is 23.3 Å². The summed E-state index contributed by atoms with van der Waals surface area (Å²) in [4.78, 5) is 25.5. The lowest BCUT2D eigenvalue weighted by molar-refractivity contribution is -0.120. The van der Waals surface area contributed by atoms with Gasteiger partial charge in [-0.2, -0.15) is 5.10 Å². The van der Waals surface area contributed by atoms with Crippen LogP contribution in [0.3, 0.4) is 0 Å². The van der Waals surface area contributed by atoms with Crippen LogP contribution >= 0.6 is 11.3 Å². The first-order valence-electron chi connectivity index (χ1n) is 8.84. The molecule has 0 spiro atoms. The second kappa shape index (κ2) is 10.4. The van der Waals surface area contributed by atoms with E-state index in [2.05, 4.69) is 44.8 Å². The van der Waals surface area contributed by atoms with Gasteiger partial charge in [-0.1, -0.05) is 30.4 Å². The fourth-order valence-electron chi connectivity index (χ4n) is 2.30. The molecule has 0 fully saturated rings. The van der Waals surface area contributed by atoms with Gasteiger partial charge in [0.25, 0.3) is 0 Å². The van der Waals surface area contributed by atoms with Crippen LogP contribution < -0.4 is 15.6 Å². The van der Waals surface area contributed by atoms with Crippen molar-refractivity contribution in [3.8, 4) is 0 Å². The van der Waals surface area contributed by atoms with Crippen LogP contribution in [0.4, 0.5) is 10.8 Å². The van der Waals surface area contributed by atoms with Crippen molar-refractivity contribution in [1.29, 1.82) is 0 Å². The van der Waals surface area contributed by atoms with Crippen molar-refractivity contribution in [1.82, 2.24) is 15.6 Å². The van der Waals surface area contributed by atoms with E-state index in [-0.39, 0.29) is 18.2 Å². The predicted octanol–water partition coefficient (Wildman–Crippen LogP) is 2.43. The lowest BCUT2D eigenvalue weighted by atomic mass is 10.2. The summed E-state index contributed by atoms with van der Waals surface area (Å²) in [6.45, 7) is 7.89. The average Bonchev–Trinajstić information content (AvgIpc) is 3.10. The van der Waals surface area contributed by atoms with Gasteiger partial charge in [0, 0.05) is 25.2 Å². The Hall–Kier alpha value is -2.81. The Labute approximate surface area is 162 Å². The molecule has 0 aliphatic rings. The molecule has 0 bridgehead atoms. The van der Waals surface area contributed by atoms with E-state index in [0.29, 0.717) is 16.6 Å². The third-order valence-corrected chi connectivity index (χ3v) is 4.61. The largest absolute Gasteiger partial charge is 0.372 e. The number of amides is 2. The third-order valence-electron chi connectivity index (χ3n) is 3.77. The predicted molar refractivity (Wildman–Crippen MR) is 108 cm³/mol. The molecule has 0 radical (unpaired) electrons. The van der Waals surface area contributed by atoms with E-state index in [0.717, 1.165) is 24.3 Å². The van der Waals surface area contributed by atoms with E-state index in [1.165, 1.54) is 11.3 Å². The summed E-state index contributed by atoms with van der Waals surface area (Å²) >= 11 is 1.17. The van der Waals surface area contributed by atoms with Gasteiger partial charge < -0.3 is 10.2 Å². The van der Waals surface area contributed by atoms with Crippen LogP contribution in [0, 0.1) is 0 Å². The SMILES string of the molecule is CCC(=O)Nc1nnc(CC(=O)N/N=C\c2ccc(N(CC)CC)cc2)s1. The number of nitrogens with zero attached hydrogens (tertiary/aromatic N) is 4. The summed E-state index contributed by atoms with van der Waals surface area (Å²) < 4.78 is 0. The first kappa shape index (κ1) is 20.5. The molecule has 1 aromatic carbocycles. The van der Waals surface area contributed by atoms with Crippen LogP contribution in [0.5, 0.6) is 0 Å². The van der Waals surface area contributed by atoms with Crippen LogP contribution in [0.1, 0.15) is 37.8 Å². The Morgan fingerprint density at radius 2 is 1.81 bits per heavy atom. The highest BCUT2D eigenvalue weighted by molar-refractivity contribution is 7.15. The Morgan fingerprint density at radius 3 is 2.44 bits per heavy atom. The number of hydrogen-bond acceptors (Lipinski definition) is 7. The third kappa shape index (κ3) is 6.45. The number of aromatic nitrogens is 2. The lowest BCUT2D eigenvalue weighted by Gasteiger charge is -2.20. The van der Waals surface area contributed by atoms with Crippen LogP contribution in [0.25, 0.3) is 0 Å². The monoisotopic (exact) mass is 388 g/mol. The lowest BCUT2D eigenvalue weighted by Crippen LogP contribution is -2.21. The molecular formula is C18H24N6O2S. The maximum atomic E-state index is 11.9. The summed E-state index contributed by atoms with van der Waals surface area (Å²) in [6, 6.07) is 7.97. The van der Waals surface area contributed by atoms with Crippen molar-refractivity contribution < 1.29 is 9.59 Å². The minimum absolute atomic E-state index is 0.0535. The second-order valence-corrected chi connectivity index (χ2v) is 6.70. The smallest absolute Gasteiger partial charge is 0.247 e. The molecule has 2 N–H and O–H groups in total. The molecule has 144 valence electrons. The Bertz CT molecular complexity index is 783. The van der Waals surface area contributed by atoms with Gasteiger partial charge in [-0.05, 0) is 31.5 Å². The number of anilines is 2. The maximum Gasteiger partial charge on any atom is 0.247 e. The molecule has 9 heteroatoms. The zero-order valence-corrected chi connectivity index (χ0v) is 16.5. The van der Waals surface area contributed by atoms with Crippen molar-refractivity contribution in [2.45, 2.75) is 33.6 Å². The van der Waals surface area contributed by atoms with E-state index < -0.39 is 0 Å². The molecule has 2 rings (SSSR count). The number of rotatable bonds is 9. The minimum Gasteiger partial charge on any atom is -0.372 e. The quantitative estimate of drug-likeness (QED) is 0.508. The first-order valence-corrected chi connectivity index (χ1v) is 9.66. The van der Waals surface area contributed by atoms with Gasteiger partial charge in [-0.25, -0.2) is 5.43 Å². The summed E-state index contributed by atoms with van der Waals surface area (Å²) in [5.41, 5.74) is 4.52. The molecule has 0 aliphatic heterocycles. The fourth-order valence-corrected chi connectivity index (χ4v) is 3.05. The molecule has 0 atom stereocenters. The molecule has 1 aromatic heterocycles. The molecule has 0 saturated heterocycles. The topological polar surface area (TPSA) is 99.6 Å². The van der Waals surface area contributed by atoms with Crippen LogP contribution in [-0.4, -0.2) is 41.3 Å². The van der Waals surface area contributed by atoms with Crippen LogP contribution in [-0.2, 0) is 16.0 Å². The van der Waals surface area contributed by atoms with Crippen LogP contribution in [0.2, 0.25) is 0 Å². The number of carbonyl (C=O) groups is 2. The van der Waals surface area contributed by atoms with Gasteiger partial charge >= 0.3 is 0 Å². The number of hydrazone groups is 1. The summed E-state index contributed by atoms with van der Waals surface area (Å²) in [7, 11) is 0. The van der Waals surface area contributed by atoms with Crippen molar-refractivity contribution in [2.24, 2.45) is 5.10 Å². The first-order chi connectivity index (χ1) is 13.0. The minimum atomic E-state index is -0.296. The van der Waals surface area contributed by atoms with E-state index >= 15 is 0 Å². The molecule has 2 aromatic rings. The van der Waals surface area contributed by atoms with Crippen LogP contribution in [0.15, 0.2) is 29.4 Å². The number of nitrogens with one attached hydrogen (secondary N) is 2. The number of hydrogen-bond donors (Lipinski definition) is 2. The molecule has 0 unspecified atom stereocenters. The standard InChI is InChI=1S/C18H24N6O2S/c1-4-15(25)20-18-23-22-17(27-18)11-16(26)21-19-12-13-7-9-14(10-8-13)24(5-2)6-3/h7-10,12H,4-6,11H2,1-3H3,(H,21,26)(H,20,23,25)/b19-12-. The molecule has 1 heterocycles. The molecule has 0 aliphatic carbocycles. The van der Waals surface area contributed by atoms with Gasteiger partial charge in [0.15, 0.2) is 0 Å². The highest BCUT2D eigenvalue weighted by Crippen LogP contribution is 2.16. The van der Waals surface area contributed by atoms with Gasteiger partial charge in [-0.15, -0.1) is 10.2 Å². The normalized spacial score (nSPS) is 10.8. The van der Waals surface area contributed by atoms with E-state index in [1.807, 2.05) is 24.3 Å². The number of carbonyl (C=O) groups excluding carboxylic acids is 2. The highest BCUT2D eigenvalue weighted by atomic mass is 32.1. The Kier molecular flexibility index (Phi) is 7.87. The van der Waals surface area contributed by atoms with Gasteiger partial charge in [0.1, 0.15) is 5.01 Å².